The number of alkyl halides is 2. The van der Waals surface area contributed by atoms with Crippen LogP contribution < -0.4 is 9.47 Å². The molecule has 130 valence electrons. The van der Waals surface area contributed by atoms with E-state index in [1.165, 1.54) is 30.3 Å². The van der Waals surface area contributed by atoms with E-state index in [-0.39, 0.29) is 24.0 Å². The topological polar surface area (TPSA) is 56.6 Å². The van der Waals surface area contributed by atoms with E-state index in [1.54, 1.807) is 31.8 Å². The Hall–Kier alpha value is -2.64. The Morgan fingerprint density at radius 3 is 2.62 bits per heavy atom. The second-order valence-corrected chi connectivity index (χ2v) is 5.29. The molecule has 0 atom stereocenters. The zero-order chi connectivity index (χ0) is 17.9. The molecule has 0 bridgehead atoms. The fraction of sp³-hybridized carbons (Fsp3) is 0.375. The molecule has 0 unspecified atom stereocenters. The quantitative estimate of drug-likeness (QED) is 0.812. The molecule has 0 radical (unpaired) electrons. The lowest BCUT2D eigenvalue weighted by Gasteiger charge is -2.18. The molecule has 0 N–H and O–H groups in total. The number of hydrogen-bond donors (Lipinski definition) is 0. The van der Waals surface area contributed by atoms with Crippen LogP contribution in [0.5, 0.6) is 11.5 Å². The monoisotopic (exact) mass is 339 g/mol. The molecular formula is C16H19F2N3O3. The van der Waals surface area contributed by atoms with E-state index >= 15 is 0 Å². The second-order valence-electron chi connectivity index (χ2n) is 5.29. The van der Waals surface area contributed by atoms with Crippen LogP contribution in [0.1, 0.15) is 21.6 Å². The van der Waals surface area contributed by atoms with Crippen molar-refractivity contribution in [1.29, 1.82) is 0 Å². The van der Waals surface area contributed by atoms with Gasteiger partial charge in [-0.25, -0.2) is 0 Å². The summed E-state index contributed by atoms with van der Waals surface area (Å²) in [5.41, 5.74) is 1.89. The van der Waals surface area contributed by atoms with Crippen molar-refractivity contribution >= 4 is 5.91 Å². The third-order valence-corrected chi connectivity index (χ3v) is 3.68. The summed E-state index contributed by atoms with van der Waals surface area (Å²) in [4.78, 5) is 13.9. The van der Waals surface area contributed by atoms with Gasteiger partial charge in [0.2, 0.25) is 0 Å². The van der Waals surface area contributed by atoms with Gasteiger partial charge in [0, 0.05) is 26.3 Å². The molecule has 2 rings (SSSR count). The van der Waals surface area contributed by atoms with Crippen LogP contribution in [0.25, 0.3) is 0 Å². The Labute approximate surface area is 138 Å². The van der Waals surface area contributed by atoms with Gasteiger partial charge in [-0.2, -0.15) is 13.9 Å². The molecule has 1 amide bonds. The minimum absolute atomic E-state index is 0.0663. The average molecular weight is 339 g/mol. The summed E-state index contributed by atoms with van der Waals surface area (Å²) in [7, 11) is 4.75. The number of ether oxygens (including phenoxy) is 2. The lowest BCUT2D eigenvalue weighted by molar-refractivity contribution is -0.0512. The number of carbonyl (C=O) groups is 1. The van der Waals surface area contributed by atoms with Crippen molar-refractivity contribution in [3.05, 3.63) is 41.2 Å². The maximum absolute atomic E-state index is 12.5. The van der Waals surface area contributed by atoms with Gasteiger partial charge in [-0.1, -0.05) is 6.07 Å². The molecule has 1 aromatic carbocycles. The first-order valence-corrected chi connectivity index (χ1v) is 7.19. The van der Waals surface area contributed by atoms with E-state index in [2.05, 4.69) is 9.84 Å². The summed E-state index contributed by atoms with van der Waals surface area (Å²) in [5, 5.41) is 4.05. The van der Waals surface area contributed by atoms with Gasteiger partial charge in [0.25, 0.3) is 5.91 Å². The van der Waals surface area contributed by atoms with E-state index in [4.69, 9.17) is 4.74 Å². The highest BCUT2D eigenvalue weighted by Gasteiger charge is 2.18. The molecule has 0 aliphatic carbocycles. The highest BCUT2D eigenvalue weighted by atomic mass is 19.3. The number of aryl methyl sites for hydroxylation is 1. The third kappa shape index (κ3) is 3.81. The number of methoxy groups -OCH3 is 1. The van der Waals surface area contributed by atoms with Crippen LogP contribution in [-0.4, -0.2) is 41.4 Å². The molecule has 0 aliphatic heterocycles. The van der Waals surface area contributed by atoms with Crippen LogP contribution in [0.15, 0.2) is 24.4 Å². The maximum atomic E-state index is 12.5. The van der Waals surface area contributed by atoms with Crippen molar-refractivity contribution in [1.82, 2.24) is 14.7 Å². The molecule has 2 aromatic rings. The van der Waals surface area contributed by atoms with Gasteiger partial charge in [0.1, 0.15) is 0 Å². The van der Waals surface area contributed by atoms with E-state index in [1.807, 2.05) is 0 Å². The Morgan fingerprint density at radius 1 is 1.38 bits per heavy atom. The Kier molecular flexibility index (Phi) is 5.38. The minimum atomic E-state index is -2.95. The van der Waals surface area contributed by atoms with Crippen LogP contribution in [-0.2, 0) is 13.6 Å². The number of rotatable bonds is 6. The lowest BCUT2D eigenvalue weighted by atomic mass is 10.1. The lowest BCUT2D eigenvalue weighted by Crippen LogP contribution is -2.26. The maximum Gasteiger partial charge on any atom is 0.387 e. The first-order valence-electron chi connectivity index (χ1n) is 7.19. The van der Waals surface area contributed by atoms with Crippen molar-refractivity contribution in [2.45, 2.75) is 20.1 Å². The molecule has 8 heteroatoms. The van der Waals surface area contributed by atoms with Crippen molar-refractivity contribution < 1.29 is 23.0 Å². The largest absolute Gasteiger partial charge is 0.493 e. The Bertz CT molecular complexity index is 731. The zero-order valence-corrected chi connectivity index (χ0v) is 13.9. The van der Waals surface area contributed by atoms with Crippen LogP contribution in [0, 0.1) is 6.92 Å². The average Bonchev–Trinajstić information content (AvgIpc) is 2.86. The zero-order valence-electron chi connectivity index (χ0n) is 13.9. The number of carbonyl (C=O) groups excluding carboxylic acids is 1. The Morgan fingerprint density at radius 2 is 2.08 bits per heavy atom. The van der Waals surface area contributed by atoms with E-state index in [0.29, 0.717) is 11.1 Å². The number of amides is 1. The number of benzene rings is 1. The molecule has 0 spiro atoms. The smallest absolute Gasteiger partial charge is 0.387 e. The first-order chi connectivity index (χ1) is 11.3. The first kappa shape index (κ1) is 17.7. The summed E-state index contributed by atoms with van der Waals surface area (Å²) in [6.45, 7) is -0.918. The predicted octanol–water partition coefficient (Wildman–Crippen LogP) is 2.61. The van der Waals surface area contributed by atoms with Crippen molar-refractivity contribution in [2.75, 3.05) is 14.2 Å². The summed E-state index contributed by atoms with van der Waals surface area (Å²) in [6, 6.07) is 4.66. The van der Waals surface area contributed by atoms with E-state index < -0.39 is 6.61 Å². The molecule has 24 heavy (non-hydrogen) atoms. The molecule has 1 heterocycles. The highest BCUT2D eigenvalue weighted by molar-refractivity contribution is 5.94. The summed E-state index contributed by atoms with van der Waals surface area (Å²) >= 11 is 0. The molecule has 0 aliphatic rings. The van der Waals surface area contributed by atoms with Crippen LogP contribution in [0.2, 0.25) is 0 Å². The number of nitrogens with zero attached hydrogens (tertiary/aromatic N) is 3. The standard InChI is InChI=1S/C16H19F2N3O3/c1-10-12(8-19-21(10)3)15(22)20(2)9-11-5-6-13(23-4)14(7-11)24-16(17)18/h5-8,16H,9H2,1-4H3. The fourth-order valence-electron chi connectivity index (χ4n) is 2.27. The molecule has 0 fully saturated rings. The van der Waals surface area contributed by atoms with Crippen LogP contribution in [0.3, 0.4) is 0 Å². The van der Waals surface area contributed by atoms with Gasteiger partial charge in [-0.15, -0.1) is 0 Å². The van der Waals surface area contributed by atoms with Gasteiger partial charge < -0.3 is 14.4 Å². The van der Waals surface area contributed by atoms with E-state index in [9.17, 15) is 13.6 Å². The third-order valence-electron chi connectivity index (χ3n) is 3.68. The van der Waals surface area contributed by atoms with Gasteiger partial charge in [-0.3, -0.25) is 9.48 Å². The molecule has 0 saturated heterocycles. The molecular weight excluding hydrogens is 320 g/mol. The van der Waals surface area contributed by atoms with Crippen molar-refractivity contribution in [3.8, 4) is 11.5 Å². The number of halogens is 2. The minimum Gasteiger partial charge on any atom is -0.493 e. The molecule has 1 aromatic heterocycles. The Balaban J connectivity index is 2.17. The van der Waals surface area contributed by atoms with Gasteiger partial charge in [-0.05, 0) is 24.6 Å². The predicted molar refractivity (Wildman–Crippen MR) is 83.4 cm³/mol. The fourth-order valence-corrected chi connectivity index (χ4v) is 2.27. The van der Waals surface area contributed by atoms with E-state index in [0.717, 1.165) is 5.69 Å². The second kappa shape index (κ2) is 7.29. The summed E-state index contributed by atoms with van der Waals surface area (Å²) in [6.07, 6.45) is 1.51. The highest BCUT2D eigenvalue weighted by Crippen LogP contribution is 2.30. The van der Waals surface area contributed by atoms with Crippen LogP contribution in [0.4, 0.5) is 8.78 Å². The van der Waals surface area contributed by atoms with Gasteiger partial charge in [0.05, 0.1) is 18.9 Å². The van der Waals surface area contributed by atoms with Crippen molar-refractivity contribution in [2.24, 2.45) is 7.05 Å². The SMILES string of the molecule is COc1ccc(CN(C)C(=O)c2cnn(C)c2C)cc1OC(F)F. The summed E-state index contributed by atoms with van der Waals surface area (Å²) < 4.78 is 36.0. The number of hydrogen-bond acceptors (Lipinski definition) is 4. The van der Waals surface area contributed by atoms with Gasteiger partial charge >= 0.3 is 6.61 Å². The van der Waals surface area contributed by atoms with Gasteiger partial charge in [0.15, 0.2) is 11.5 Å². The van der Waals surface area contributed by atoms with Crippen molar-refractivity contribution in [3.63, 3.8) is 0 Å². The molecule has 6 nitrogen and oxygen atoms in total. The summed E-state index contributed by atoms with van der Waals surface area (Å²) in [5.74, 6) is -0.0627. The normalized spacial score (nSPS) is 10.8. The molecule has 0 saturated carbocycles. The van der Waals surface area contributed by atoms with Crippen LogP contribution >= 0.6 is 0 Å². The number of aromatic nitrogens is 2.